The van der Waals surface area contributed by atoms with E-state index in [4.69, 9.17) is 11.6 Å². The molecule has 4 heteroatoms. The van der Waals surface area contributed by atoms with E-state index in [-0.39, 0.29) is 6.09 Å². The van der Waals surface area contributed by atoms with Crippen molar-refractivity contribution in [3.63, 3.8) is 0 Å². The highest BCUT2D eigenvalue weighted by atomic mass is 35.5. The van der Waals surface area contributed by atoms with Crippen LogP contribution in [0.1, 0.15) is 6.92 Å². The molecule has 0 aliphatic rings. The number of benzene rings is 1. The van der Waals surface area contributed by atoms with Crippen molar-refractivity contribution in [1.82, 2.24) is 5.32 Å². The molecular weight excluding hydrogens is 202 g/mol. The minimum atomic E-state index is -0.373. The predicted molar refractivity (Wildman–Crippen MR) is 57.5 cm³/mol. The summed E-state index contributed by atoms with van der Waals surface area (Å²) < 4.78 is 4.44. The molecule has 1 N–H and O–H groups in total. The summed E-state index contributed by atoms with van der Waals surface area (Å²) in [6.07, 6.45) is -0.373. The molecule has 14 heavy (non-hydrogen) atoms. The molecule has 1 rings (SSSR count). The minimum absolute atomic E-state index is 0.373. The first-order chi connectivity index (χ1) is 6.70. The molecule has 1 aromatic rings. The highest BCUT2D eigenvalue weighted by molar-refractivity contribution is 6.30. The fourth-order valence-electron chi connectivity index (χ4n) is 0.618. The zero-order chi connectivity index (χ0) is 10.8. The average Bonchev–Trinajstić information content (AvgIpc) is 2.20. The maximum absolute atomic E-state index is 10.1. The molecule has 0 bridgehead atoms. The molecule has 0 unspecified atom stereocenters. The van der Waals surface area contributed by atoms with E-state index < -0.39 is 0 Å². The van der Waals surface area contributed by atoms with E-state index >= 15 is 0 Å². The molecule has 0 fully saturated rings. The fourth-order valence-corrected chi connectivity index (χ4v) is 0.763. The van der Waals surface area contributed by atoms with Crippen LogP contribution < -0.4 is 5.32 Å². The van der Waals surface area contributed by atoms with Gasteiger partial charge < -0.3 is 10.1 Å². The van der Waals surface area contributed by atoms with Gasteiger partial charge in [-0.15, -0.1) is 0 Å². The third kappa shape index (κ3) is 7.43. The van der Waals surface area contributed by atoms with Gasteiger partial charge in [-0.25, -0.2) is 4.79 Å². The molecule has 78 valence electrons. The highest BCUT2D eigenvalue weighted by Crippen LogP contribution is 2.03. The van der Waals surface area contributed by atoms with Crippen LogP contribution in [0.5, 0.6) is 0 Å². The molecule has 0 aliphatic heterocycles. The standard InChI is InChI=1S/C6H5Cl.C4H9NO2/c7-6-4-2-1-3-5-6;1-3-7-4(6)5-2/h1-5H;3H2,1-2H3,(H,5,6). The molecule has 1 amide bonds. The van der Waals surface area contributed by atoms with E-state index in [9.17, 15) is 4.79 Å². The van der Waals surface area contributed by atoms with E-state index in [1.165, 1.54) is 7.05 Å². The van der Waals surface area contributed by atoms with Crippen molar-refractivity contribution in [1.29, 1.82) is 0 Å². The number of carbonyl (C=O) groups excluding carboxylic acids is 1. The van der Waals surface area contributed by atoms with Crippen molar-refractivity contribution >= 4 is 17.7 Å². The molecule has 0 saturated heterocycles. The van der Waals surface area contributed by atoms with E-state index in [0.717, 1.165) is 5.02 Å². The van der Waals surface area contributed by atoms with E-state index in [1.807, 2.05) is 30.3 Å². The summed E-state index contributed by atoms with van der Waals surface area (Å²) in [5.74, 6) is 0. The zero-order valence-corrected chi connectivity index (χ0v) is 9.04. The molecule has 0 aliphatic carbocycles. The molecule has 0 aromatic heterocycles. The average molecular weight is 216 g/mol. The van der Waals surface area contributed by atoms with Crippen LogP contribution in [0.15, 0.2) is 30.3 Å². The summed E-state index contributed by atoms with van der Waals surface area (Å²) in [6, 6.07) is 9.44. The molecular formula is C10H14ClNO2. The monoisotopic (exact) mass is 215 g/mol. The highest BCUT2D eigenvalue weighted by Gasteiger charge is 1.89. The van der Waals surface area contributed by atoms with Gasteiger partial charge in [0.05, 0.1) is 6.61 Å². The van der Waals surface area contributed by atoms with Gasteiger partial charge in [0.2, 0.25) is 0 Å². The van der Waals surface area contributed by atoms with Crippen LogP contribution in [0.2, 0.25) is 5.02 Å². The summed E-state index contributed by atoms with van der Waals surface area (Å²) >= 11 is 5.54. The Kier molecular flexibility index (Phi) is 7.65. The van der Waals surface area contributed by atoms with Crippen molar-refractivity contribution in [3.8, 4) is 0 Å². The Hall–Kier alpha value is -1.22. The lowest BCUT2D eigenvalue weighted by atomic mass is 10.4. The number of nitrogens with one attached hydrogen (secondary N) is 1. The first kappa shape index (κ1) is 12.8. The van der Waals surface area contributed by atoms with Crippen molar-refractivity contribution in [2.45, 2.75) is 6.92 Å². The maximum atomic E-state index is 10.1. The van der Waals surface area contributed by atoms with Crippen LogP contribution >= 0.6 is 11.6 Å². The summed E-state index contributed by atoms with van der Waals surface area (Å²) in [6.45, 7) is 2.19. The number of hydrogen-bond donors (Lipinski definition) is 1. The third-order valence-electron chi connectivity index (χ3n) is 1.21. The van der Waals surface area contributed by atoms with Crippen molar-refractivity contribution < 1.29 is 9.53 Å². The van der Waals surface area contributed by atoms with E-state index in [0.29, 0.717) is 6.61 Å². The van der Waals surface area contributed by atoms with Gasteiger partial charge in [0.25, 0.3) is 0 Å². The fraction of sp³-hybridized carbons (Fsp3) is 0.300. The van der Waals surface area contributed by atoms with E-state index in [2.05, 4.69) is 10.1 Å². The Labute approximate surface area is 89.0 Å². The van der Waals surface area contributed by atoms with Gasteiger partial charge in [0.15, 0.2) is 0 Å². The second-order valence-corrected chi connectivity index (χ2v) is 2.70. The second kappa shape index (κ2) is 8.38. The first-order valence-corrected chi connectivity index (χ1v) is 4.63. The summed E-state index contributed by atoms with van der Waals surface area (Å²) in [7, 11) is 1.53. The lowest BCUT2D eigenvalue weighted by Gasteiger charge is -1.95. The predicted octanol–water partition coefficient (Wildman–Crippen LogP) is 2.70. The van der Waals surface area contributed by atoms with Crippen molar-refractivity contribution in [3.05, 3.63) is 35.4 Å². The zero-order valence-electron chi connectivity index (χ0n) is 8.29. The minimum Gasteiger partial charge on any atom is -0.450 e. The van der Waals surface area contributed by atoms with Gasteiger partial charge in [-0.1, -0.05) is 29.8 Å². The maximum Gasteiger partial charge on any atom is 0.406 e. The Morgan fingerprint density at radius 2 is 2.00 bits per heavy atom. The molecule has 0 saturated carbocycles. The number of halogens is 1. The van der Waals surface area contributed by atoms with Gasteiger partial charge in [-0.05, 0) is 19.1 Å². The molecule has 1 aromatic carbocycles. The third-order valence-corrected chi connectivity index (χ3v) is 1.46. The van der Waals surface area contributed by atoms with Gasteiger partial charge >= 0.3 is 6.09 Å². The lowest BCUT2D eigenvalue weighted by Crippen LogP contribution is -2.18. The quantitative estimate of drug-likeness (QED) is 0.782. The number of hydrogen-bond acceptors (Lipinski definition) is 2. The second-order valence-electron chi connectivity index (χ2n) is 2.27. The van der Waals surface area contributed by atoms with Crippen molar-refractivity contribution in [2.75, 3.05) is 13.7 Å². The van der Waals surface area contributed by atoms with Gasteiger partial charge in [0, 0.05) is 12.1 Å². The van der Waals surface area contributed by atoms with Crippen LogP contribution in [-0.2, 0) is 4.74 Å². The normalized spacial score (nSPS) is 8.21. The Balaban J connectivity index is 0.000000241. The van der Waals surface area contributed by atoms with Crippen LogP contribution in [0.25, 0.3) is 0 Å². The van der Waals surface area contributed by atoms with Gasteiger partial charge in [0.1, 0.15) is 0 Å². The van der Waals surface area contributed by atoms with Crippen LogP contribution in [-0.4, -0.2) is 19.7 Å². The summed E-state index contributed by atoms with van der Waals surface area (Å²) in [4.78, 5) is 10.1. The number of amides is 1. The smallest absolute Gasteiger partial charge is 0.406 e. The van der Waals surface area contributed by atoms with E-state index in [1.54, 1.807) is 6.92 Å². The largest absolute Gasteiger partial charge is 0.450 e. The Morgan fingerprint density at radius 3 is 2.21 bits per heavy atom. The SMILES string of the molecule is CCOC(=O)NC.Clc1ccccc1. The molecule has 3 nitrogen and oxygen atoms in total. The first-order valence-electron chi connectivity index (χ1n) is 4.25. The van der Waals surface area contributed by atoms with Crippen LogP contribution in [0, 0.1) is 0 Å². The number of carbonyl (C=O) groups is 1. The molecule has 0 atom stereocenters. The Bertz CT molecular complexity index is 252. The van der Waals surface area contributed by atoms with Crippen molar-refractivity contribution in [2.24, 2.45) is 0 Å². The van der Waals surface area contributed by atoms with Gasteiger partial charge in [-0.3, -0.25) is 0 Å². The molecule has 0 spiro atoms. The Morgan fingerprint density at radius 1 is 1.43 bits per heavy atom. The van der Waals surface area contributed by atoms with Crippen LogP contribution in [0.3, 0.4) is 0 Å². The summed E-state index contributed by atoms with van der Waals surface area (Å²) in [5.41, 5.74) is 0. The molecule has 0 heterocycles. The number of alkyl carbamates (subject to hydrolysis) is 1. The lowest BCUT2D eigenvalue weighted by molar-refractivity contribution is 0.154. The van der Waals surface area contributed by atoms with Crippen LogP contribution in [0.4, 0.5) is 4.79 Å². The topological polar surface area (TPSA) is 38.3 Å². The summed E-state index contributed by atoms with van der Waals surface area (Å²) in [5, 5.41) is 3.10. The van der Waals surface area contributed by atoms with Gasteiger partial charge in [-0.2, -0.15) is 0 Å². The molecule has 0 radical (unpaired) electrons. The number of rotatable bonds is 1. The number of ether oxygens (including phenoxy) is 1.